The number of rotatable bonds is 8. The van der Waals surface area contributed by atoms with Crippen molar-refractivity contribution in [3.63, 3.8) is 0 Å². The molecular weight excluding hydrogens is 513 g/mol. The van der Waals surface area contributed by atoms with Gasteiger partial charge in [0, 0.05) is 56.2 Å². The van der Waals surface area contributed by atoms with E-state index in [1.807, 2.05) is 19.2 Å². The lowest BCUT2D eigenvalue weighted by Crippen LogP contribution is -2.57. The van der Waals surface area contributed by atoms with Crippen molar-refractivity contribution < 1.29 is 23.4 Å². The molecule has 0 amide bonds. The molecular formula is C27H31ClFN5O4. The number of likely N-dealkylation sites (N-methyl/N-ethyl adjacent to an activating group) is 1. The molecule has 202 valence electrons. The molecule has 2 aliphatic rings. The molecule has 1 spiro atoms. The van der Waals surface area contributed by atoms with Gasteiger partial charge in [-0.3, -0.25) is 9.69 Å². The van der Waals surface area contributed by atoms with Crippen molar-refractivity contribution in [3.8, 4) is 11.5 Å². The Morgan fingerprint density at radius 1 is 1.18 bits per heavy atom. The molecule has 2 aromatic carbocycles. The third-order valence-corrected chi connectivity index (χ3v) is 7.32. The number of likely N-dealkylation sites (tertiary alicyclic amines) is 1. The summed E-state index contributed by atoms with van der Waals surface area (Å²) in [5.41, 5.74) is 0.946. The van der Waals surface area contributed by atoms with Gasteiger partial charge in [-0.15, -0.1) is 0 Å². The van der Waals surface area contributed by atoms with E-state index in [4.69, 9.17) is 25.8 Å². The van der Waals surface area contributed by atoms with Crippen molar-refractivity contribution in [1.82, 2.24) is 19.8 Å². The normalized spacial score (nSPS) is 17.9. The average Bonchev–Trinajstić information content (AvgIpc) is 2.89. The maximum Gasteiger partial charge on any atom is 0.320 e. The van der Waals surface area contributed by atoms with Crippen molar-refractivity contribution in [2.45, 2.75) is 24.9 Å². The number of halogens is 2. The van der Waals surface area contributed by atoms with Crippen LogP contribution in [-0.4, -0.2) is 84.8 Å². The van der Waals surface area contributed by atoms with Gasteiger partial charge in [0.1, 0.15) is 23.6 Å². The second-order valence-electron chi connectivity index (χ2n) is 9.87. The van der Waals surface area contributed by atoms with E-state index in [-0.39, 0.29) is 16.6 Å². The summed E-state index contributed by atoms with van der Waals surface area (Å²) in [6.45, 7) is 4.38. The highest BCUT2D eigenvalue weighted by atomic mass is 35.5. The van der Waals surface area contributed by atoms with E-state index in [1.165, 1.54) is 18.5 Å². The zero-order valence-corrected chi connectivity index (χ0v) is 22.3. The number of anilines is 2. The highest BCUT2D eigenvalue weighted by Gasteiger charge is 2.42. The van der Waals surface area contributed by atoms with Gasteiger partial charge < -0.3 is 24.4 Å². The average molecular weight is 544 g/mol. The molecule has 1 aromatic heterocycles. The lowest BCUT2D eigenvalue weighted by Gasteiger charge is -2.45. The smallest absolute Gasteiger partial charge is 0.320 e. The molecule has 0 aliphatic carbocycles. The number of hydrogen-bond donors (Lipinski definition) is 1. The molecule has 3 aromatic rings. The van der Waals surface area contributed by atoms with Crippen LogP contribution in [0.15, 0.2) is 36.7 Å². The van der Waals surface area contributed by atoms with Crippen molar-refractivity contribution in [1.29, 1.82) is 0 Å². The molecule has 0 radical (unpaired) electrons. The second-order valence-corrected chi connectivity index (χ2v) is 10.3. The zero-order chi connectivity index (χ0) is 26.7. The van der Waals surface area contributed by atoms with Crippen LogP contribution in [0.2, 0.25) is 5.02 Å². The molecule has 1 N–H and O–H groups in total. The summed E-state index contributed by atoms with van der Waals surface area (Å²) in [6.07, 6.45) is 4.00. The summed E-state index contributed by atoms with van der Waals surface area (Å²) in [7, 11) is 3.56. The van der Waals surface area contributed by atoms with Crippen LogP contribution >= 0.6 is 11.6 Å². The number of benzene rings is 2. The third kappa shape index (κ3) is 5.92. The molecule has 3 heterocycles. The zero-order valence-electron chi connectivity index (χ0n) is 21.5. The first-order chi connectivity index (χ1) is 18.3. The first kappa shape index (κ1) is 26.4. The van der Waals surface area contributed by atoms with E-state index in [0.717, 1.165) is 50.8 Å². The minimum atomic E-state index is -0.486. The standard InChI is InChI=1S/C27H31ClFN5O4/c1-33-15-25(35)38-27(16-33)6-9-34(10-7-27)8-3-11-37-24-14-22-19(13-23(24)36-2)26(31-17-30-22)32-18-4-5-21(29)20(28)12-18/h4-5,12-14,17H,3,6-11,15-16H2,1-2H3,(H,30,31,32). The fourth-order valence-corrected chi connectivity index (χ4v) is 5.32. The molecule has 2 aliphatic heterocycles. The summed E-state index contributed by atoms with van der Waals surface area (Å²) >= 11 is 5.91. The third-order valence-electron chi connectivity index (χ3n) is 7.03. The number of nitrogens with zero attached hydrogens (tertiary/aromatic N) is 4. The first-order valence-corrected chi connectivity index (χ1v) is 13.0. The number of fused-ring (bicyclic) bond motifs is 1. The first-order valence-electron chi connectivity index (χ1n) is 12.6. The van der Waals surface area contributed by atoms with Crippen molar-refractivity contribution >= 4 is 40.0 Å². The topological polar surface area (TPSA) is 89.0 Å². The molecule has 2 saturated heterocycles. The Balaban J connectivity index is 1.18. The number of methoxy groups -OCH3 is 1. The van der Waals surface area contributed by atoms with E-state index in [9.17, 15) is 9.18 Å². The van der Waals surface area contributed by atoms with Gasteiger partial charge in [-0.1, -0.05) is 11.6 Å². The van der Waals surface area contributed by atoms with Crippen LogP contribution in [0.25, 0.3) is 10.9 Å². The predicted octanol–water partition coefficient (Wildman–Crippen LogP) is 4.27. The fourth-order valence-electron chi connectivity index (χ4n) is 5.14. The molecule has 2 fully saturated rings. The van der Waals surface area contributed by atoms with Crippen molar-refractivity contribution in [3.05, 3.63) is 47.5 Å². The minimum Gasteiger partial charge on any atom is -0.493 e. The fraction of sp³-hybridized carbons (Fsp3) is 0.444. The van der Waals surface area contributed by atoms with Crippen LogP contribution in [0, 0.1) is 5.82 Å². The summed E-state index contributed by atoms with van der Waals surface area (Å²) in [4.78, 5) is 25.1. The van der Waals surface area contributed by atoms with E-state index in [0.29, 0.717) is 41.7 Å². The van der Waals surface area contributed by atoms with Gasteiger partial charge in [0.25, 0.3) is 0 Å². The number of hydrogen-bond acceptors (Lipinski definition) is 9. The van der Waals surface area contributed by atoms with Crippen LogP contribution in [0.5, 0.6) is 11.5 Å². The molecule has 0 unspecified atom stereocenters. The maximum absolute atomic E-state index is 13.5. The molecule has 9 nitrogen and oxygen atoms in total. The lowest BCUT2D eigenvalue weighted by atomic mass is 9.89. The molecule has 0 atom stereocenters. The number of nitrogens with one attached hydrogen (secondary N) is 1. The van der Waals surface area contributed by atoms with E-state index < -0.39 is 5.82 Å². The molecule has 11 heteroatoms. The van der Waals surface area contributed by atoms with E-state index in [1.54, 1.807) is 13.2 Å². The Morgan fingerprint density at radius 3 is 2.74 bits per heavy atom. The van der Waals surface area contributed by atoms with Crippen LogP contribution in [0.1, 0.15) is 19.3 Å². The van der Waals surface area contributed by atoms with Gasteiger partial charge in [0.15, 0.2) is 11.5 Å². The largest absolute Gasteiger partial charge is 0.493 e. The van der Waals surface area contributed by atoms with Gasteiger partial charge in [0.2, 0.25) is 0 Å². The van der Waals surface area contributed by atoms with Gasteiger partial charge in [-0.25, -0.2) is 14.4 Å². The van der Waals surface area contributed by atoms with Gasteiger partial charge in [0.05, 0.1) is 30.8 Å². The summed E-state index contributed by atoms with van der Waals surface area (Å²) in [5, 5.41) is 3.92. The Hall–Kier alpha value is -3.21. The summed E-state index contributed by atoms with van der Waals surface area (Å²) in [5.74, 6) is 1.10. The van der Waals surface area contributed by atoms with Gasteiger partial charge in [-0.05, 0) is 37.7 Å². The Kier molecular flexibility index (Phi) is 7.83. The highest BCUT2D eigenvalue weighted by Crippen LogP contribution is 2.35. The highest BCUT2D eigenvalue weighted by molar-refractivity contribution is 6.31. The van der Waals surface area contributed by atoms with Crippen LogP contribution in [-0.2, 0) is 9.53 Å². The lowest BCUT2D eigenvalue weighted by molar-refractivity contribution is -0.179. The van der Waals surface area contributed by atoms with Crippen LogP contribution in [0.4, 0.5) is 15.9 Å². The van der Waals surface area contributed by atoms with Crippen molar-refractivity contribution in [2.75, 3.05) is 58.8 Å². The number of piperidine rings is 1. The Morgan fingerprint density at radius 2 is 2.00 bits per heavy atom. The quantitative estimate of drug-likeness (QED) is 0.330. The van der Waals surface area contributed by atoms with Crippen LogP contribution in [0.3, 0.4) is 0 Å². The van der Waals surface area contributed by atoms with Gasteiger partial charge in [-0.2, -0.15) is 0 Å². The number of aromatic nitrogens is 2. The number of morpholine rings is 1. The van der Waals surface area contributed by atoms with Gasteiger partial charge >= 0.3 is 5.97 Å². The molecule has 38 heavy (non-hydrogen) atoms. The predicted molar refractivity (Wildman–Crippen MR) is 143 cm³/mol. The minimum absolute atomic E-state index is 0.0238. The summed E-state index contributed by atoms with van der Waals surface area (Å²) in [6, 6.07) is 8.04. The van der Waals surface area contributed by atoms with Crippen LogP contribution < -0.4 is 14.8 Å². The maximum atomic E-state index is 13.5. The van der Waals surface area contributed by atoms with Crippen molar-refractivity contribution in [2.24, 2.45) is 0 Å². The Labute approximate surface area is 225 Å². The SMILES string of the molecule is COc1cc2c(Nc3ccc(F)c(Cl)c3)ncnc2cc1OCCCN1CCC2(CC1)CN(C)CC(=O)O2. The number of esters is 1. The number of carbonyl (C=O) groups excluding carboxylic acids is 1. The summed E-state index contributed by atoms with van der Waals surface area (Å²) < 4.78 is 31.0. The molecule has 0 bridgehead atoms. The second kappa shape index (κ2) is 11.3. The molecule has 0 saturated carbocycles. The molecule has 5 rings (SSSR count). The van der Waals surface area contributed by atoms with E-state index >= 15 is 0 Å². The van der Waals surface area contributed by atoms with E-state index in [2.05, 4.69) is 25.1 Å². The monoisotopic (exact) mass is 543 g/mol. The number of carbonyl (C=O) groups is 1. The Bertz CT molecular complexity index is 1320. The number of ether oxygens (including phenoxy) is 3.